The Kier molecular flexibility index (Phi) is 1.91. The van der Waals surface area contributed by atoms with Gasteiger partial charge >= 0.3 is 0 Å². The Balaban J connectivity index is 2.86. The molecule has 60 valence electrons. The van der Waals surface area contributed by atoms with Gasteiger partial charge in [0.1, 0.15) is 0 Å². The zero-order chi connectivity index (χ0) is 8.43. The lowest BCUT2D eigenvalue weighted by Gasteiger charge is -2.14. The molecule has 11 heavy (non-hydrogen) atoms. The summed E-state index contributed by atoms with van der Waals surface area (Å²) >= 11 is 0. The van der Waals surface area contributed by atoms with Gasteiger partial charge in [-0.15, -0.1) is 0 Å². The number of nitrogens with zero attached hydrogens (tertiary/aromatic N) is 2. The van der Waals surface area contributed by atoms with Gasteiger partial charge in [-0.3, -0.25) is 20.4 Å². The molecule has 0 aromatic heterocycles. The number of hydrogen-bond donors (Lipinski definition) is 1. The van der Waals surface area contributed by atoms with E-state index in [4.69, 9.17) is 5.21 Å². The lowest BCUT2D eigenvalue weighted by atomic mass is 10.2. The third-order valence-corrected chi connectivity index (χ3v) is 1.42. The summed E-state index contributed by atoms with van der Waals surface area (Å²) in [6, 6.07) is 0. The fourth-order valence-electron chi connectivity index (χ4n) is 0.902. The minimum atomic E-state index is -0.459. The highest BCUT2D eigenvalue weighted by atomic mass is 16.6. The molecule has 0 spiro atoms. The van der Waals surface area contributed by atoms with Crippen LogP contribution in [0.15, 0.2) is 23.5 Å². The van der Waals surface area contributed by atoms with E-state index in [1.807, 2.05) is 0 Å². The minimum Gasteiger partial charge on any atom is -0.289 e. The van der Waals surface area contributed by atoms with Crippen LogP contribution in [0.1, 0.15) is 6.92 Å². The second-order valence-electron chi connectivity index (χ2n) is 2.28. The summed E-state index contributed by atoms with van der Waals surface area (Å²) in [4.78, 5) is 9.81. The van der Waals surface area contributed by atoms with E-state index in [1.54, 1.807) is 6.92 Å². The van der Waals surface area contributed by atoms with Gasteiger partial charge in [0, 0.05) is 17.8 Å². The van der Waals surface area contributed by atoms with E-state index in [9.17, 15) is 10.1 Å². The van der Waals surface area contributed by atoms with Crippen LogP contribution in [0.5, 0.6) is 0 Å². The molecule has 0 saturated carbocycles. The number of nitro groups is 1. The first-order valence-corrected chi connectivity index (χ1v) is 3.10. The molecule has 0 radical (unpaired) electrons. The Morgan fingerprint density at radius 3 is 2.91 bits per heavy atom. The third kappa shape index (κ3) is 1.56. The number of hydroxylamine groups is 2. The highest BCUT2D eigenvalue weighted by Gasteiger charge is 2.17. The average Bonchev–Trinajstić information content (AvgIpc) is 1.85. The van der Waals surface area contributed by atoms with Gasteiger partial charge in [0.25, 0.3) is 5.70 Å². The van der Waals surface area contributed by atoms with Crippen LogP contribution >= 0.6 is 0 Å². The smallest absolute Gasteiger partial charge is 0.271 e. The summed E-state index contributed by atoms with van der Waals surface area (Å²) < 4.78 is 0. The Morgan fingerprint density at radius 2 is 2.45 bits per heavy atom. The second kappa shape index (κ2) is 2.71. The Bertz CT molecular complexity index is 244. The van der Waals surface area contributed by atoms with Crippen LogP contribution in [0.2, 0.25) is 0 Å². The van der Waals surface area contributed by atoms with Gasteiger partial charge in [0.15, 0.2) is 0 Å². The van der Waals surface area contributed by atoms with E-state index < -0.39 is 4.92 Å². The lowest BCUT2D eigenvalue weighted by Crippen LogP contribution is -2.19. The van der Waals surface area contributed by atoms with Crippen molar-refractivity contribution in [2.24, 2.45) is 0 Å². The summed E-state index contributed by atoms with van der Waals surface area (Å²) in [5.74, 6) is 0. The van der Waals surface area contributed by atoms with Crippen molar-refractivity contribution in [2.75, 3.05) is 6.54 Å². The maximum Gasteiger partial charge on any atom is 0.271 e. The van der Waals surface area contributed by atoms with Crippen molar-refractivity contribution < 1.29 is 10.1 Å². The first-order valence-electron chi connectivity index (χ1n) is 3.10. The summed E-state index contributed by atoms with van der Waals surface area (Å²) in [5, 5.41) is 20.0. The van der Waals surface area contributed by atoms with Gasteiger partial charge < -0.3 is 0 Å². The molecule has 0 aromatic rings. The predicted molar refractivity (Wildman–Crippen MR) is 37.3 cm³/mol. The Hall–Kier alpha value is -1.36. The second-order valence-corrected chi connectivity index (χ2v) is 2.28. The molecule has 5 nitrogen and oxygen atoms in total. The molecule has 0 atom stereocenters. The molecule has 0 bridgehead atoms. The fourth-order valence-corrected chi connectivity index (χ4v) is 0.902. The number of allylic oxidation sites excluding steroid dienone is 1. The fraction of sp³-hybridized carbons (Fsp3) is 0.333. The van der Waals surface area contributed by atoms with Gasteiger partial charge in [0.05, 0.1) is 11.5 Å². The average molecular weight is 156 g/mol. The van der Waals surface area contributed by atoms with E-state index in [-0.39, 0.29) is 12.2 Å². The molecule has 0 saturated heterocycles. The van der Waals surface area contributed by atoms with Crippen molar-refractivity contribution in [1.82, 2.24) is 5.06 Å². The lowest BCUT2D eigenvalue weighted by molar-refractivity contribution is -0.421. The molecule has 0 unspecified atom stereocenters. The van der Waals surface area contributed by atoms with Crippen LogP contribution in [0.3, 0.4) is 0 Å². The molecule has 0 fully saturated rings. The minimum absolute atomic E-state index is 0.0651. The van der Waals surface area contributed by atoms with E-state index >= 15 is 0 Å². The maximum atomic E-state index is 10.3. The van der Waals surface area contributed by atoms with Gasteiger partial charge in [-0.25, -0.2) is 0 Å². The monoisotopic (exact) mass is 156 g/mol. The van der Waals surface area contributed by atoms with Crippen molar-refractivity contribution in [3.8, 4) is 0 Å². The predicted octanol–water partition coefficient (Wildman–Crippen LogP) is 0.756. The quantitative estimate of drug-likeness (QED) is 0.449. The number of rotatable bonds is 1. The van der Waals surface area contributed by atoms with E-state index in [1.165, 1.54) is 12.3 Å². The zero-order valence-corrected chi connectivity index (χ0v) is 6.02. The molecule has 1 rings (SSSR count). The molecule has 1 aliphatic rings. The molecular formula is C6H8N2O3. The van der Waals surface area contributed by atoms with Crippen molar-refractivity contribution in [3.05, 3.63) is 33.7 Å². The molecule has 1 aliphatic heterocycles. The van der Waals surface area contributed by atoms with Gasteiger partial charge in [-0.2, -0.15) is 0 Å². The Morgan fingerprint density at radius 1 is 1.82 bits per heavy atom. The number of hydrogen-bond acceptors (Lipinski definition) is 4. The largest absolute Gasteiger partial charge is 0.289 e. The Labute approximate surface area is 63.3 Å². The van der Waals surface area contributed by atoms with Crippen molar-refractivity contribution in [3.63, 3.8) is 0 Å². The SMILES string of the molecule is CC1=CN(O)CC=C1[N+](=O)[O-]. The molecule has 1 N–H and O–H groups in total. The van der Waals surface area contributed by atoms with E-state index in [0.29, 0.717) is 5.57 Å². The van der Waals surface area contributed by atoms with Crippen LogP contribution in [0, 0.1) is 10.1 Å². The summed E-state index contributed by atoms with van der Waals surface area (Å²) in [7, 11) is 0. The standard InChI is InChI=1S/C6H8N2O3/c1-5-4-7(9)3-2-6(5)8(10)11/h2,4,9H,3H2,1H3. The molecule has 0 aliphatic carbocycles. The maximum absolute atomic E-state index is 10.3. The normalized spacial score (nSPS) is 17.5. The summed E-state index contributed by atoms with van der Waals surface area (Å²) in [6.07, 6.45) is 2.70. The van der Waals surface area contributed by atoms with E-state index in [2.05, 4.69) is 0 Å². The van der Waals surface area contributed by atoms with Crippen LogP contribution < -0.4 is 0 Å². The van der Waals surface area contributed by atoms with Gasteiger partial charge in [0.2, 0.25) is 0 Å². The van der Waals surface area contributed by atoms with Gasteiger partial charge in [-0.1, -0.05) is 0 Å². The zero-order valence-electron chi connectivity index (χ0n) is 6.02. The first-order chi connectivity index (χ1) is 5.11. The highest BCUT2D eigenvalue weighted by molar-refractivity contribution is 5.25. The van der Waals surface area contributed by atoms with Crippen LogP contribution in [-0.4, -0.2) is 21.7 Å². The van der Waals surface area contributed by atoms with Crippen LogP contribution in [0.25, 0.3) is 0 Å². The third-order valence-electron chi connectivity index (χ3n) is 1.42. The molecule has 5 heteroatoms. The van der Waals surface area contributed by atoms with Crippen LogP contribution in [0.4, 0.5) is 0 Å². The molecule has 1 heterocycles. The summed E-state index contributed by atoms with van der Waals surface area (Å²) in [5.41, 5.74) is 0.527. The molecule has 0 aromatic carbocycles. The molecular weight excluding hydrogens is 148 g/mol. The van der Waals surface area contributed by atoms with Crippen LogP contribution in [-0.2, 0) is 0 Å². The van der Waals surface area contributed by atoms with E-state index in [0.717, 1.165) is 5.06 Å². The summed E-state index contributed by atoms with van der Waals surface area (Å²) in [6.45, 7) is 1.75. The van der Waals surface area contributed by atoms with Crippen molar-refractivity contribution >= 4 is 0 Å². The highest BCUT2D eigenvalue weighted by Crippen LogP contribution is 2.14. The molecule has 0 amide bonds. The van der Waals surface area contributed by atoms with Crippen molar-refractivity contribution in [1.29, 1.82) is 0 Å². The first kappa shape index (κ1) is 7.74. The van der Waals surface area contributed by atoms with Crippen molar-refractivity contribution in [2.45, 2.75) is 6.92 Å². The van der Waals surface area contributed by atoms with Gasteiger partial charge in [-0.05, 0) is 6.92 Å². The topological polar surface area (TPSA) is 66.6 Å².